The Morgan fingerprint density at radius 3 is 2.50 bits per heavy atom. The maximum absolute atomic E-state index is 11.8. The molecular weight excluding hydrogens is 258 g/mol. The zero-order valence-corrected chi connectivity index (χ0v) is 11.3. The smallest absolute Gasteiger partial charge is 0.407 e. The molecule has 2 N–H and O–H groups in total. The summed E-state index contributed by atoms with van der Waals surface area (Å²) < 4.78 is 5.17. The SMILES string of the molecule is O=C(O)CCC1(NC(=O)OCc2ccccc2)CCC1. The summed E-state index contributed by atoms with van der Waals surface area (Å²) in [5.74, 6) is -0.837. The zero-order chi connectivity index (χ0) is 14.4. The summed E-state index contributed by atoms with van der Waals surface area (Å²) in [5.41, 5.74) is 0.544. The van der Waals surface area contributed by atoms with Gasteiger partial charge in [-0.2, -0.15) is 0 Å². The van der Waals surface area contributed by atoms with Gasteiger partial charge in [-0.15, -0.1) is 0 Å². The molecule has 0 aromatic heterocycles. The number of nitrogens with one attached hydrogen (secondary N) is 1. The van der Waals surface area contributed by atoms with Gasteiger partial charge in [0.25, 0.3) is 0 Å². The number of aliphatic carboxylic acids is 1. The van der Waals surface area contributed by atoms with Gasteiger partial charge in [0.05, 0.1) is 0 Å². The first-order valence-electron chi connectivity index (χ1n) is 6.80. The number of carbonyl (C=O) groups excluding carboxylic acids is 1. The Kier molecular flexibility index (Phi) is 4.61. The molecular formula is C15H19NO4. The van der Waals surface area contributed by atoms with Crippen LogP contribution in [0.5, 0.6) is 0 Å². The summed E-state index contributed by atoms with van der Waals surface area (Å²) >= 11 is 0. The Morgan fingerprint density at radius 2 is 1.95 bits per heavy atom. The highest BCUT2D eigenvalue weighted by atomic mass is 16.5. The minimum Gasteiger partial charge on any atom is -0.481 e. The second-order valence-corrected chi connectivity index (χ2v) is 5.21. The van der Waals surface area contributed by atoms with Crippen molar-refractivity contribution in [1.29, 1.82) is 0 Å². The molecule has 1 saturated carbocycles. The van der Waals surface area contributed by atoms with E-state index in [2.05, 4.69) is 5.32 Å². The van der Waals surface area contributed by atoms with Crippen molar-refractivity contribution in [2.75, 3.05) is 0 Å². The number of rotatable bonds is 6. The lowest BCUT2D eigenvalue weighted by atomic mass is 9.74. The Balaban J connectivity index is 1.79. The summed E-state index contributed by atoms with van der Waals surface area (Å²) in [6.45, 7) is 0.224. The molecule has 1 aliphatic rings. The van der Waals surface area contributed by atoms with Crippen molar-refractivity contribution in [3.63, 3.8) is 0 Å². The molecule has 20 heavy (non-hydrogen) atoms. The van der Waals surface area contributed by atoms with E-state index >= 15 is 0 Å². The van der Waals surface area contributed by atoms with Crippen molar-refractivity contribution in [2.24, 2.45) is 0 Å². The summed E-state index contributed by atoms with van der Waals surface area (Å²) in [6, 6.07) is 9.44. The van der Waals surface area contributed by atoms with Gasteiger partial charge in [-0.3, -0.25) is 4.79 Å². The van der Waals surface area contributed by atoms with Crippen LogP contribution in [0.4, 0.5) is 4.79 Å². The van der Waals surface area contributed by atoms with Crippen molar-refractivity contribution >= 4 is 12.1 Å². The molecule has 0 bridgehead atoms. The van der Waals surface area contributed by atoms with Crippen LogP contribution >= 0.6 is 0 Å². The third-order valence-corrected chi connectivity index (χ3v) is 3.71. The molecule has 5 nitrogen and oxygen atoms in total. The van der Waals surface area contributed by atoms with Crippen LogP contribution in [-0.4, -0.2) is 22.7 Å². The lowest BCUT2D eigenvalue weighted by Gasteiger charge is -2.42. The molecule has 2 rings (SSSR count). The van der Waals surface area contributed by atoms with Gasteiger partial charge in [0.1, 0.15) is 6.61 Å². The monoisotopic (exact) mass is 277 g/mol. The molecule has 1 aromatic rings. The average molecular weight is 277 g/mol. The minimum atomic E-state index is -0.837. The van der Waals surface area contributed by atoms with E-state index in [0.717, 1.165) is 24.8 Å². The van der Waals surface area contributed by atoms with Crippen LogP contribution in [0.3, 0.4) is 0 Å². The Hall–Kier alpha value is -2.04. The lowest BCUT2D eigenvalue weighted by molar-refractivity contribution is -0.137. The predicted molar refractivity (Wildman–Crippen MR) is 73.2 cm³/mol. The van der Waals surface area contributed by atoms with Gasteiger partial charge in [-0.1, -0.05) is 30.3 Å². The Labute approximate surface area is 117 Å². The standard InChI is InChI=1S/C15H19NO4/c17-13(18)7-10-15(8-4-9-15)16-14(19)20-11-12-5-2-1-3-6-12/h1-3,5-6H,4,7-11H2,(H,16,19)(H,17,18). The quantitative estimate of drug-likeness (QED) is 0.838. The summed E-state index contributed by atoms with van der Waals surface area (Å²) in [5, 5.41) is 11.6. The third-order valence-electron chi connectivity index (χ3n) is 3.71. The van der Waals surface area contributed by atoms with Gasteiger partial charge in [-0.25, -0.2) is 4.79 Å². The van der Waals surface area contributed by atoms with E-state index in [1.807, 2.05) is 30.3 Å². The van der Waals surface area contributed by atoms with Crippen LogP contribution in [0, 0.1) is 0 Å². The van der Waals surface area contributed by atoms with Gasteiger partial charge < -0.3 is 15.2 Å². The number of ether oxygens (including phenoxy) is 1. The van der Waals surface area contributed by atoms with Crippen LogP contribution in [0.1, 0.15) is 37.7 Å². The van der Waals surface area contributed by atoms with Gasteiger partial charge >= 0.3 is 12.1 Å². The van der Waals surface area contributed by atoms with Crippen LogP contribution in [-0.2, 0) is 16.1 Å². The molecule has 1 fully saturated rings. The van der Waals surface area contributed by atoms with Gasteiger partial charge in [0, 0.05) is 12.0 Å². The number of carboxylic acids is 1. The van der Waals surface area contributed by atoms with Crippen molar-refractivity contribution in [2.45, 2.75) is 44.2 Å². The molecule has 1 aromatic carbocycles. The Bertz CT molecular complexity index is 468. The van der Waals surface area contributed by atoms with Crippen molar-refractivity contribution in [3.05, 3.63) is 35.9 Å². The van der Waals surface area contributed by atoms with Gasteiger partial charge in [0.15, 0.2) is 0 Å². The lowest BCUT2D eigenvalue weighted by Crippen LogP contribution is -2.53. The molecule has 1 amide bonds. The molecule has 0 saturated heterocycles. The number of hydrogen-bond donors (Lipinski definition) is 2. The van der Waals surface area contributed by atoms with Gasteiger partial charge in [-0.05, 0) is 31.2 Å². The topological polar surface area (TPSA) is 75.6 Å². The molecule has 0 unspecified atom stereocenters. The van der Waals surface area contributed by atoms with E-state index in [0.29, 0.717) is 6.42 Å². The number of amides is 1. The maximum Gasteiger partial charge on any atom is 0.407 e. The fourth-order valence-electron chi connectivity index (χ4n) is 2.36. The highest BCUT2D eigenvalue weighted by Crippen LogP contribution is 2.36. The summed E-state index contributed by atoms with van der Waals surface area (Å²) in [7, 11) is 0. The number of alkyl carbamates (subject to hydrolysis) is 1. The fraction of sp³-hybridized carbons (Fsp3) is 0.467. The van der Waals surface area contributed by atoms with Crippen molar-refractivity contribution < 1.29 is 19.4 Å². The zero-order valence-electron chi connectivity index (χ0n) is 11.3. The van der Waals surface area contributed by atoms with Crippen molar-refractivity contribution in [3.8, 4) is 0 Å². The molecule has 0 aliphatic heterocycles. The molecule has 108 valence electrons. The van der Waals surface area contributed by atoms with E-state index < -0.39 is 12.1 Å². The van der Waals surface area contributed by atoms with Gasteiger partial charge in [0.2, 0.25) is 0 Å². The second-order valence-electron chi connectivity index (χ2n) is 5.21. The fourth-order valence-corrected chi connectivity index (χ4v) is 2.36. The third kappa shape index (κ3) is 3.98. The van der Waals surface area contributed by atoms with Crippen LogP contribution < -0.4 is 5.32 Å². The normalized spacial score (nSPS) is 16.0. The summed E-state index contributed by atoms with van der Waals surface area (Å²) in [6.07, 6.45) is 2.71. The van der Waals surface area contributed by atoms with E-state index in [4.69, 9.17) is 9.84 Å². The van der Waals surface area contributed by atoms with E-state index in [9.17, 15) is 9.59 Å². The van der Waals surface area contributed by atoms with E-state index in [1.54, 1.807) is 0 Å². The molecule has 0 heterocycles. The highest BCUT2D eigenvalue weighted by molar-refractivity contribution is 5.69. The molecule has 1 aliphatic carbocycles. The maximum atomic E-state index is 11.8. The minimum absolute atomic E-state index is 0.0684. The first kappa shape index (κ1) is 14.4. The number of benzene rings is 1. The van der Waals surface area contributed by atoms with Crippen LogP contribution in [0.15, 0.2) is 30.3 Å². The number of carbonyl (C=O) groups is 2. The highest BCUT2D eigenvalue weighted by Gasteiger charge is 2.38. The largest absolute Gasteiger partial charge is 0.481 e. The number of hydrogen-bond acceptors (Lipinski definition) is 3. The van der Waals surface area contributed by atoms with Crippen molar-refractivity contribution in [1.82, 2.24) is 5.32 Å². The molecule has 0 atom stereocenters. The number of carboxylic acid groups (broad SMARTS) is 1. The van der Waals surface area contributed by atoms with Crippen LogP contribution in [0.25, 0.3) is 0 Å². The summed E-state index contributed by atoms with van der Waals surface area (Å²) in [4.78, 5) is 22.4. The van der Waals surface area contributed by atoms with E-state index in [-0.39, 0.29) is 18.6 Å². The first-order valence-corrected chi connectivity index (χ1v) is 6.80. The molecule has 5 heteroatoms. The second kappa shape index (κ2) is 6.41. The first-order chi connectivity index (χ1) is 9.60. The molecule has 0 radical (unpaired) electrons. The van der Waals surface area contributed by atoms with E-state index in [1.165, 1.54) is 0 Å². The molecule has 0 spiro atoms. The Morgan fingerprint density at radius 1 is 1.25 bits per heavy atom. The van der Waals surface area contributed by atoms with Crippen LogP contribution in [0.2, 0.25) is 0 Å². The predicted octanol–water partition coefficient (Wildman–Crippen LogP) is 2.70. The average Bonchev–Trinajstić information content (AvgIpc) is 2.40.